The third-order valence-electron chi connectivity index (χ3n) is 4.31. The van der Waals surface area contributed by atoms with Gasteiger partial charge in [0.2, 0.25) is 17.4 Å². The van der Waals surface area contributed by atoms with E-state index in [1.807, 2.05) is 0 Å². The van der Waals surface area contributed by atoms with E-state index in [0.717, 1.165) is 11.1 Å². The predicted molar refractivity (Wildman–Crippen MR) is 93.4 cm³/mol. The van der Waals surface area contributed by atoms with Crippen molar-refractivity contribution >= 4 is 11.7 Å². The van der Waals surface area contributed by atoms with Gasteiger partial charge in [-0.3, -0.25) is 4.79 Å². The van der Waals surface area contributed by atoms with E-state index in [1.54, 1.807) is 6.07 Å². The number of benzene rings is 1. The molecule has 1 aromatic carbocycles. The van der Waals surface area contributed by atoms with Gasteiger partial charge in [-0.15, -0.1) is 0 Å². The predicted octanol–water partition coefficient (Wildman–Crippen LogP) is 0.497. The van der Waals surface area contributed by atoms with E-state index >= 15 is 0 Å². The van der Waals surface area contributed by atoms with Crippen molar-refractivity contribution in [3.05, 3.63) is 40.8 Å². The molecule has 0 fully saturated rings. The van der Waals surface area contributed by atoms with Crippen LogP contribution in [-0.2, 0) is 11.2 Å². The van der Waals surface area contributed by atoms with E-state index in [9.17, 15) is 14.4 Å². The minimum Gasteiger partial charge on any atom is -0.472 e. The van der Waals surface area contributed by atoms with Crippen LogP contribution in [0.2, 0.25) is 0 Å². The van der Waals surface area contributed by atoms with E-state index < -0.39 is 6.04 Å². The van der Waals surface area contributed by atoms with Gasteiger partial charge in [0.05, 0.1) is 12.1 Å². The van der Waals surface area contributed by atoms with E-state index in [1.165, 1.54) is 19.1 Å². The van der Waals surface area contributed by atoms with Crippen LogP contribution in [0.3, 0.4) is 0 Å². The molecule has 1 aliphatic rings. The van der Waals surface area contributed by atoms with Gasteiger partial charge in [-0.2, -0.15) is 0 Å². The minimum absolute atomic E-state index is 0.00245. The maximum Gasteiger partial charge on any atom is 0.287 e. The van der Waals surface area contributed by atoms with Crippen molar-refractivity contribution in [1.29, 1.82) is 0 Å². The van der Waals surface area contributed by atoms with Gasteiger partial charge in [0, 0.05) is 13.5 Å². The Hall–Kier alpha value is -3.21. The molecule has 28 heavy (non-hydrogen) atoms. The summed E-state index contributed by atoms with van der Waals surface area (Å²) >= 11 is 0. The largest absolute Gasteiger partial charge is 0.472 e. The van der Waals surface area contributed by atoms with Crippen LogP contribution in [0.25, 0.3) is 0 Å². The fourth-order valence-corrected chi connectivity index (χ4v) is 2.95. The Morgan fingerprint density at radius 2 is 2.32 bits per heavy atom. The molecule has 11 heteroatoms. The van der Waals surface area contributed by atoms with Crippen LogP contribution in [0.5, 0.6) is 5.88 Å². The summed E-state index contributed by atoms with van der Waals surface area (Å²) in [7, 11) is 0. The molecule has 1 amide bonds. The number of nitrogens with one attached hydrogen (secondary N) is 2. The number of carbonyl (C=O) groups excluding carboxylic acids is 1. The van der Waals surface area contributed by atoms with E-state index in [2.05, 4.69) is 30.7 Å². The number of halogens is 1. The molecule has 2 atom stereocenters. The number of aliphatic hydroxyl groups excluding tert-OH is 1. The molecular weight excluding hydrogens is 373 g/mol. The van der Waals surface area contributed by atoms with Crippen molar-refractivity contribution in [1.82, 2.24) is 20.9 Å². The number of fused-ring (bicyclic) bond motifs is 1. The molecule has 1 aliphatic carbocycles. The molecule has 0 bridgehead atoms. The smallest absolute Gasteiger partial charge is 0.287 e. The van der Waals surface area contributed by atoms with Gasteiger partial charge in [-0.1, -0.05) is 11.2 Å². The Morgan fingerprint density at radius 1 is 1.50 bits per heavy atom. The zero-order valence-electron chi connectivity index (χ0n) is 15.1. The summed E-state index contributed by atoms with van der Waals surface area (Å²) in [4.78, 5) is 11.2. The second-order valence-corrected chi connectivity index (χ2v) is 6.33. The fourth-order valence-electron chi connectivity index (χ4n) is 2.95. The highest BCUT2D eigenvalue weighted by atomic mass is 19.1. The number of amidine groups is 1. The monoisotopic (exact) mass is 393 g/mol. The van der Waals surface area contributed by atoms with Gasteiger partial charge in [0.1, 0.15) is 12.4 Å². The molecule has 0 saturated carbocycles. The van der Waals surface area contributed by atoms with Gasteiger partial charge < -0.3 is 25.7 Å². The van der Waals surface area contributed by atoms with Crippen molar-refractivity contribution in [3.8, 4) is 5.88 Å². The standard InChI is InChI=1S/C17H20FN5O5/c1-9(25)19-12(4-5-24)8-27-17-15(22-28-23-17)16(21-26)20-14-6-10-2-3-11(18)7-13(10)14/h2-3,7,12,14,24,26H,4-6,8H2,1H3,(H,19,25)(H,20,21)/t12-,14-/m0/s1. The van der Waals surface area contributed by atoms with Crippen molar-refractivity contribution in [2.75, 3.05) is 13.2 Å². The Morgan fingerprint density at radius 3 is 3.04 bits per heavy atom. The van der Waals surface area contributed by atoms with Gasteiger partial charge in [-0.25, -0.2) is 9.02 Å². The molecule has 4 N–H and O–H groups in total. The van der Waals surface area contributed by atoms with Crippen molar-refractivity contribution in [3.63, 3.8) is 0 Å². The molecule has 1 aromatic heterocycles. The van der Waals surface area contributed by atoms with Crippen LogP contribution >= 0.6 is 0 Å². The van der Waals surface area contributed by atoms with Crippen LogP contribution in [-0.4, -0.2) is 51.6 Å². The number of nitrogens with zero attached hydrogens (tertiary/aromatic N) is 3. The lowest BCUT2D eigenvalue weighted by atomic mass is 9.83. The Bertz CT molecular complexity index is 871. The van der Waals surface area contributed by atoms with Gasteiger partial charge >= 0.3 is 0 Å². The van der Waals surface area contributed by atoms with Crippen molar-refractivity contribution in [2.45, 2.75) is 31.8 Å². The maximum atomic E-state index is 13.4. The number of oxime groups is 1. The zero-order chi connectivity index (χ0) is 20.1. The highest BCUT2D eigenvalue weighted by Crippen LogP contribution is 2.33. The second kappa shape index (κ2) is 8.65. The lowest BCUT2D eigenvalue weighted by molar-refractivity contribution is -0.120. The molecule has 1 heterocycles. The first-order chi connectivity index (χ1) is 13.5. The molecule has 0 unspecified atom stereocenters. The highest BCUT2D eigenvalue weighted by Gasteiger charge is 2.30. The second-order valence-electron chi connectivity index (χ2n) is 6.33. The molecule has 2 aromatic rings. The summed E-state index contributed by atoms with van der Waals surface area (Å²) < 4.78 is 23.6. The van der Waals surface area contributed by atoms with E-state index in [4.69, 9.17) is 9.84 Å². The summed E-state index contributed by atoms with van der Waals surface area (Å²) in [6.07, 6.45) is 0.904. The van der Waals surface area contributed by atoms with Crippen LogP contribution in [0.15, 0.2) is 28.0 Å². The highest BCUT2D eigenvalue weighted by molar-refractivity contribution is 5.98. The lowest BCUT2D eigenvalue weighted by Gasteiger charge is -2.31. The number of hydrogen-bond acceptors (Lipinski definition) is 8. The third-order valence-corrected chi connectivity index (χ3v) is 4.31. The van der Waals surface area contributed by atoms with Gasteiger partial charge in [0.25, 0.3) is 5.88 Å². The fraction of sp³-hybridized carbons (Fsp3) is 0.412. The van der Waals surface area contributed by atoms with E-state index in [-0.39, 0.29) is 54.8 Å². The summed E-state index contributed by atoms with van der Waals surface area (Å²) in [5.74, 6) is -0.717. The molecule has 150 valence electrons. The third kappa shape index (κ3) is 4.36. The first kappa shape index (κ1) is 19.5. The normalized spacial score (nSPS) is 16.7. The average Bonchev–Trinajstić information content (AvgIpc) is 3.11. The first-order valence-electron chi connectivity index (χ1n) is 8.62. The number of aromatic nitrogens is 2. The molecule has 3 rings (SSSR count). The van der Waals surface area contributed by atoms with Crippen LogP contribution in [0.1, 0.15) is 36.2 Å². The van der Waals surface area contributed by atoms with Crippen LogP contribution in [0, 0.1) is 5.82 Å². The Kier molecular flexibility index (Phi) is 6.04. The van der Waals surface area contributed by atoms with Crippen LogP contribution in [0.4, 0.5) is 4.39 Å². The lowest BCUT2D eigenvalue weighted by Crippen LogP contribution is -2.39. The number of carbonyl (C=O) groups is 1. The molecule has 0 saturated heterocycles. The number of amides is 1. The van der Waals surface area contributed by atoms with Gasteiger partial charge in [-0.05, 0) is 46.4 Å². The molecule has 0 aliphatic heterocycles. The molecular formula is C17H20FN5O5. The first-order valence-corrected chi connectivity index (χ1v) is 8.62. The quantitative estimate of drug-likeness (QED) is 0.220. The Labute approximate surface area is 159 Å². The SMILES string of the molecule is CC(=O)N[C@@H](CCO)COc1nonc1/C(=N/O)N[C@H]1Cc2ccc(F)cc21. The number of ether oxygens (including phenoxy) is 1. The topological polar surface area (TPSA) is 142 Å². The maximum absolute atomic E-state index is 13.4. The summed E-state index contributed by atoms with van der Waals surface area (Å²) in [5.41, 5.74) is 1.78. The minimum atomic E-state index is -0.448. The molecule has 0 radical (unpaired) electrons. The van der Waals surface area contributed by atoms with Crippen LogP contribution < -0.4 is 15.4 Å². The average molecular weight is 393 g/mol. The number of hydrogen-bond donors (Lipinski definition) is 4. The van der Waals surface area contributed by atoms with E-state index in [0.29, 0.717) is 6.42 Å². The Balaban J connectivity index is 1.67. The van der Waals surface area contributed by atoms with Gasteiger partial charge in [0.15, 0.2) is 0 Å². The van der Waals surface area contributed by atoms with Crippen molar-refractivity contribution < 1.29 is 28.9 Å². The summed E-state index contributed by atoms with van der Waals surface area (Å²) in [5, 5.41) is 34.5. The van der Waals surface area contributed by atoms with Crippen molar-refractivity contribution in [2.24, 2.45) is 5.16 Å². The summed E-state index contributed by atoms with van der Waals surface area (Å²) in [6, 6.07) is 3.80. The summed E-state index contributed by atoms with van der Waals surface area (Å²) in [6.45, 7) is 1.21. The number of aliphatic hydroxyl groups is 1. The molecule has 0 spiro atoms. The number of rotatable bonds is 8. The molecule has 10 nitrogen and oxygen atoms in total. The zero-order valence-corrected chi connectivity index (χ0v) is 15.1.